The molecule has 0 aliphatic heterocycles. The summed E-state index contributed by atoms with van der Waals surface area (Å²) in [6.07, 6.45) is 0. The average molecular weight is 381 g/mol. The molecule has 7 heteroatoms. The molecule has 0 saturated heterocycles. The molecule has 0 aromatic heterocycles. The van der Waals surface area contributed by atoms with Crippen LogP contribution in [0, 0.1) is 0 Å². The van der Waals surface area contributed by atoms with Gasteiger partial charge in [-0.05, 0) is 36.8 Å². The number of halogens is 2. The van der Waals surface area contributed by atoms with Crippen LogP contribution in [0.15, 0.2) is 42.5 Å². The smallest absolute Gasteiger partial charge is 0.258 e. The van der Waals surface area contributed by atoms with Crippen molar-refractivity contribution in [3.8, 4) is 5.75 Å². The van der Waals surface area contributed by atoms with Crippen LogP contribution in [-0.2, 0) is 9.59 Å². The highest BCUT2D eigenvalue weighted by molar-refractivity contribution is 6.35. The van der Waals surface area contributed by atoms with Gasteiger partial charge in [-0.15, -0.1) is 0 Å². The Morgan fingerprint density at radius 1 is 1.16 bits per heavy atom. The van der Waals surface area contributed by atoms with Crippen LogP contribution < -0.4 is 15.4 Å². The number of anilines is 1. The Kier molecular flexibility index (Phi) is 6.67. The Morgan fingerprint density at radius 2 is 1.88 bits per heavy atom. The van der Waals surface area contributed by atoms with Gasteiger partial charge in [0.05, 0.1) is 11.7 Å². The Hall–Kier alpha value is -2.24. The summed E-state index contributed by atoms with van der Waals surface area (Å²) in [4.78, 5) is 23.3. The summed E-state index contributed by atoms with van der Waals surface area (Å²) in [6.45, 7) is 3.03. The zero-order valence-electron chi connectivity index (χ0n) is 13.8. The number of para-hydroxylation sites is 2. The van der Waals surface area contributed by atoms with E-state index in [9.17, 15) is 9.59 Å². The number of hydrogen-bond acceptors (Lipinski definition) is 3. The zero-order valence-corrected chi connectivity index (χ0v) is 15.3. The average Bonchev–Trinajstić information content (AvgIpc) is 2.53. The molecule has 2 aromatic carbocycles. The molecule has 0 fully saturated rings. The number of rotatable bonds is 6. The van der Waals surface area contributed by atoms with Crippen molar-refractivity contribution >= 4 is 40.7 Å². The van der Waals surface area contributed by atoms with Crippen molar-refractivity contribution in [2.75, 3.05) is 11.9 Å². The minimum absolute atomic E-state index is 0.188. The highest BCUT2D eigenvalue weighted by atomic mass is 35.5. The molecule has 2 rings (SSSR count). The predicted octanol–water partition coefficient (Wildman–Crippen LogP) is 4.21. The lowest BCUT2D eigenvalue weighted by Gasteiger charge is -2.17. The number of ether oxygens (including phenoxy) is 1. The lowest BCUT2D eigenvalue weighted by molar-refractivity contribution is -0.123. The maximum absolute atomic E-state index is 12.1. The Morgan fingerprint density at radius 3 is 2.56 bits per heavy atom. The van der Waals surface area contributed by atoms with Gasteiger partial charge in [0.2, 0.25) is 5.91 Å². The Labute approximate surface area is 156 Å². The molecule has 25 heavy (non-hydrogen) atoms. The van der Waals surface area contributed by atoms with Crippen molar-refractivity contribution in [3.63, 3.8) is 0 Å². The van der Waals surface area contributed by atoms with E-state index in [1.807, 2.05) is 6.92 Å². The molecule has 0 bridgehead atoms. The second-order valence-electron chi connectivity index (χ2n) is 5.42. The maximum Gasteiger partial charge on any atom is 0.258 e. The summed E-state index contributed by atoms with van der Waals surface area (Å²) < 4.78 is 5.51. The summed E-state index contributed by atoms with van der Waals surface area (Å²) >= 11 is 12.0. The molecule has 1 atom stereocenters. The molecule has 2 amide bonds. The van der Waals surface area contributed by atoms with Crippen LogP contribution in [0.25, 0.3) is 0 Å². The van der Waals surface area contributed by atoms with Crippen molar-refractivity contribution in [2.45, 2.75) is 19.9 Å². The first-order valence-electron chi connectivity index (χ1n) is 7.60. The van der Waals surface area contributed by atoms with Gasteiger partial charge in [-0.25, -0.2) is 0 Å². The van der Waals surface area contributed by atoms with Crippen molar-refractivity contribution in [2.24, 2.45) is 0 Å². The first-order chi connectivity index (χ1) is 11.9. The molecular formula is C18H18Cl2N2O3. The number of carbonyl (C=O) groups excluding carboxylic acids is 2. The second kappa shape index (κ2) is 8.74. The zero-order chi connectivity index (χ0) is 18.4. The standard InChI is InChI=1S/C18H18Cl2N2O3/c1-11(14-8-7-13(19)9-15(14)20)21-18(24)10-25-17-6-4-3-5-16(17)22-12(2)23/h3-9,11H,10H2,1-2H3,(H,21,24)(H,22,23)/t11-/m1/s1. The third kappa shape index (κ3) is 5.66. The van der Waals surface area contributed by atoms with Crippen LogP contribution in [0.4, 0.5) is 5.69 Å². The second-order valence-corrected chi connectivity index (χ2v) is 6.26. The molecule has 5 nitrogen and oxygen atoms in total. The van der Waals surface area contributed by atoms with Crippen LogP contribution >= 0.6 is 23.2 Å². The van der Waals surface area contributed by atoms with Crippen LogP contribution in [0.2, 0.25) is 10.0 Å². The molecule has 0 aliphatic carbocycles. The van der Waals surface area contributed by atoms with Crippen LogP contribution in [0.5, 0.6) is 5.75 Å². The predicted molar refractivity (Wildman–Crippen MR) is 99.3 cm³/mol. The third-order valence-electron chi connectivity index (χ3n) is 3.36. The molecule has 0 unspecified atom stereocenters. The van der Waals surface area contributed by atoms with E-state index in [0.717, 1.165) is 5.56 Å². The first-order valence-corrected chi connectivity index (χ1v) is 8.36. The number of amides is 2. The van der Waals surface area contributed by atoms with Gasteiger partial charge in [0.15, 0.2) is 6.61 Å². The number of nitrogens with one attached hydrogen (secondary N) is 2. The molecule has 0 aliphatic rings. The van der Waals surface area contributed by atoms with Gasteiger partial charge >= 0.3 is 0 Å². The van der Waals surface area contributed by atoms with E-state index in [1.165, 1.54) is 6.92 Å². The minimum atomic E-state index is -0.309. The molecule has 0 spiro atoms. The fourth-order valence-corrected chi connectivity index (χ4v) is 2.81. The number of hydrogen-bond donors (Lipinski definition) is 2. The monoisotopic (exact) mass is 380 g/mol. The molecule has 132 valence electrons. The topological polar surface area (TPSA) is 67.4 Å². The van der Waals surface area contributed by atoms with Gasteiger partial charge in [-0.1, -0.05) is 41.4 Å². The van der Waals surface area contributed by atoms with Crippen molar-refractivity contribution < 1.29 is 14.3 Å². The number of carbonyl (C=O) groups is 2. The SMILES string of the molecule is CC(=O)Nc1ccccc1OCC(=O)N[C@H](C)c1ccc(Cl)cc1Cl. The normalized spacial score (nSPS) is 11.5. The van der Waals surface area contributed by atoms with E-state index in [-0.39, 0.29) is 24.5 Å². The Balaban J connectivity index is 1.96. The van der Waals surface area contributed by atoms with Gasteiger partial charge in [0.1, 0.15) is 5.75 Å². The van der Waals surface area contributed by atoms with E-state index in [4.69, 9.17) is 27.9 Å². The fourth-order valence-electron chi connectivity index (χ4n) is 2.24. The summed E-state index contributed by atoms with van der Waals surface area (Å²) in [5.41, 5.74) is 1.27. The van der Waals surface area contributed by atoms with Crippen molar-refractivity contribution in [3.05, 3.63) is 58.1 Å². The summed E-state index contributed by atoms with van der Waals surface area (Å²) in [5, 5.41) is 6.48. The maximum atomic E-state index is 12.1. The van der Waals surface area contributed by atoms with E-state index in [2.05, 4.69) is 10.6 Å². The molecule has 2 N–H and O–H groups in total. The van der Waals surface area contributed by atoms with Gasteiger partial charge in [0, 0.05) is 17.0 Å². The highest BCUT2D eigenvalue weighted by Crippen LogP contribution is 2.26. The highest BCUT2D eigenvalue weighted by Gasteiger charge is 2.14. The summed E-state index contributed by atoms with van der Waals surface area (Å²) in [7, 11) is 0. The largest absolute Gasteiger partial charge is 0.482 e. The van der Waals surface area contributed by atoms with Gasteiger partial charge in [0.25, 0.3) is 5.91 Å². The van der Waals surface area contributed by atoms with Crippen molar-refractivity contribution in [1.82, 2.24) is 5.32 Å². The molecule has 2 aromatic rings. The number of benzene rings is 2. The molecule has 0 heterocycles. The Bertz CT molecular complexity index is 781. The molecule has 0 saturated carbocycles. The van der Waals surface area contributed by atoms with E-state index in [1.54, 1.807) is 42.5 Å². The van der Waals surface area contributed by atoms with Crippen LogP contribution in [0.1, 0.15) is 25.5 Å². The lowest BCUT2D eigenvalue weighted by atomic mass is 10.1. The first kappa shape index (κ1) is 19.1. The third-order valence-corrected chi connectivity index (χ3v) is 3.93. The minimum Gasteiger partial charge on any atom is -0.482 e. The molecular weight excluding hydrogens is 363 g/mol. The van der Waals surface area contributed by atoms with Crippen LogP contribution in [0.3, 0.4) is 0 Å². The van der Waals surface area contributed by atoms with E-state index < -0.39 is 0 Å². The van der Waals surface area contributed by atoms with Crippen LogP contribution in [-0.4, -0.2) is 18.4 Å². The van der Waals surface area contributed by atoms with Gasteiger partial charge < -0.3 is 15.4 Å². The lowest BCUT2D eigenvalue weighted by Crippen LogP contribution is -2.31. The quantitative estimate of drug-likeness (QED) is 0.788. The summed E-state index contributed by atoms with van der Waals surface area (Å²) in [5.74, 6) is -0.104. The summed E-state index contributed by atoms with van der Waals surface area (Å²) in [6, 6.07) is 11.7. The fraction of sp³-hybridized carbons (Fsp3) is 0.222. The molecule has 0 radical (unpaired) electrons. The van der Waals surface area contributed by atoms with Crippen molar-refractivity contribution in [1.29, 1.82) is 0 Å². The van der Waals surface area contributed by atoms with E-state index >= 15 is 0 Å². The van der Waals surface area contributed by atoms with E-state index in [0.29, 0.717) is 21.5 Å². The van der Waals surface area contributed by atoms with Gasteiger partial charge in [-0.3, -0.25) is 9.59 Å². The van der Waals surface area contributed by atoms with Gasteiger partial charge in [-0.2, -0.15) is 0 Å².